The number of hydrogen-bond acceptors (Lipinski definition) is 4. The maximum Gasteiger partial charge on any atom is 0.257 e. The lowest BCUT2D eigenvalue weighted by Gasteiger charge is -2.09. The summed E-state index contributed by atoms with van der Waals surface area (Å²) in [4.78, 5) is 11.6. The van der Waals surface area contributed by atoms with Gasteiger partial charge in [0, 0.05) is 30.5 Å². The third-order valence-electron chi connectivity index (χ3n) is 3.95. The van der Waals surface area contributed by atoms with Gasteiger partial charge in [0.2, 0.25) is 0 Å². The van der Waals surface area contributed by atoms with Crippen molar-refractivity contribution in [3.8, 4) is 5.75 Å². The highest BCUT2D eigenvalue weighted by Gasteiger charge is 2.18. The first kappa shape index (κ1) is 14.9. The average Bonchev–Trinajstić information content (AvgIpc) is 2.91. The molecule has 3 rings (SSSR count). The smallest absolute Gasteiger partial charge is 0.257 e. The van der Waals surface area contributed by atoms with Crippen LogP contribution in [0.1, 0.15) is 30.6 Å². The van der Waals surface area contributed by atoms with Crippen LogP contribution >= 0.6 is 0 Å². The minimum atomic E-state index is -0.178. The van der Waals surface area contributed by atoms with Crippen molar-refractivity contribution in [1.29, 1.82) is 0 Å². The number of aliphatic hydroxyl groups excluding tert-OH is 1. The average molecular weight is 303 g/mol. The Bertz CT molecular complexity index is 662. The Kier molecular flexibility index (Phi) is 4.63. The van der Waals surface area contributed by atoms with Gasteiger partial charge >= 0.3 is 0 Å². The van der Waals surface area contributed by atoms with E-state index >= 15 is 0 Å². The zero-order valence-electron chi connectivity index (χ0n) is 12.6. The van der Waals surface area contributed by atoms with Gasteiger partial charge in [0.15, 0.2) is 6.61 Å². The largest absolute Gasteiger partial charge is 0.484 e. The fourth-order valence-electron chi connectivity index (χ4n) is 2.84. The van der Waals surface area contributed by atoms with E-state index in [1.807, 2.05) is 18.2 Å². The zero-order chi connectivity index (χ0) is 15.4. The first-order valence-corrected chi connectivity index (χ1v) is 7.82. The lowest BCUT2D eigenvalue weighted by molar-refractivity contribution is -0.123. The van der Waals surface area contributed by atoms with Gasteiger partial charge in [0.25, 0.3) is 5.91 Å². The van der Waals surface area contributed by atoms with Crippen molar-refractivity contribution in [2.24, 2.45) is 0 Å². The Morgan fingerprint density at radius 1 is 1.32 bits per heavy atom. The number of amides is 1. The van der Waals surface area contributed by atoms with Gasteiger partial charge in [-0.15, -0.1) is 0 Å². The van der Waals surface area contributed by atoms with E-state index in [9.17, 15) is 4.79 Å². The molecule has 22 heavy (non-hydrogen) atoms. The normalized spacial score (nSPS) is 13.9. The second-order valence-corrected chi connectivity index (χ2v) is 5.58. The predicted molar refractivity (Wildman–Crippen MR) is 83.1 cm³/mol. The number of nitrogens with one attached hydrogen (secondary N) is 1. The summed E-state index contributed by atoms with van der Waals surface area (Å²) in [6.07, 6.45) is 4.99. The summed E-state index contributed by atoms with van der Waals surface area (Å²) in [5, 5.41) is 12.5. The van der Waals surface area contributed by atoms with Crippen LogP contribution in [0.4, 0.5) is 0 Å². The number of carbonyl (C=O) groups excluding carboxylic acids is 1. The molecule has 118 valence electrons. The summed E-state index contributed by atoms with van der Waals surface area (Å²) in [7, 11) is 0. The third-order valence-corrected chi connectivity index (χ3v) is 3.95. The molecule has 1 heterocycles. The Morgan fingerprint density at radius 3 is 3.05 bits per heavy atom. The molecule has 0 unspecified atom stereocenters. The van der Waals surface area contributed by atoms with Crippen molar-refractivity contribution in [3.05, 3.63) is 29.5 Å². The number of benzene rings is 1. The van der Waals surface area contributed by atoms with Crippen LogP contribution in [-0.4, -0.2) is 30.8 Å². The van der Waals surface area contributed by atoms with Crippen LogP contribution in [0, 0.1) is 0 Å². The first-order valence-electron chi connectivity index (χ1n) is 7.82. The van der Waals surface area contributed by atoms with Gasteiger partial charge in [-0.05, 0) is 43.9 Å². The van der Waals surface area contributed by atoms with Crippen LogP contribution in [0.3, 0.4) is 0 Å². The maximum atomic E-state index is 11.6. The molecular formula is C17H21NO4. The minimum absolute atomic E-state index is 0.0169. The highest BCUT2D eigenvalue weighted by atomic mass is 16.5. The minimum Gasteiger partial charge on any atom is -0.484 e. The van der Waals surface area contributed by atoms with Crippen LogP contribution in [-0.2, 0) is 17.6 Å². The fourth-order valence-corrected chi connectivity index (χ4v) is 2.84. The molecule has 1 aromatic carbocycles. The molecule has 2 aromatic rings. The Balaban J connectivity index is 1.66. The highest BCUT2D eigenvalue weighted by molar-refractivity contribution is 5.84. The molecule has 1 amide bonds. The third kappa shape index (κ3) is 3.25. The lowest BCUT2D eigenvalue weighted by Crippen LogP contribution is -2.30. The Morgan fingerprint density at radius 2 is 2.18 bits per heavy atom. The molecule has 5 nitrogen and oxygen atoms in total. The number of hydrogen-bond donors (Lipinski definition) is 2. The molecule has 1 aliphatic carbocycles. The number of fused-ring (bicyclic) bond motifs is 3. The van der Waals surface area contributed by atoms with Crippen molar-refractivity contribution < 1.29 is 19.1 Å². The van der Waals surface area contributed by atoms with Gasteiger partial charge in [0.05, 0.1) is 0 Å². The molecule has 0 bridgehead atoms. The summed E-state index contributed by atoms with van der Waals surface area (Å²) in [5.74, 6) is 1.60. The second kappa shape index (κ2) is 6.83. The summed E-state index contributed by atoms with van der Waals surface area (Å²) in [6.45, 7) is 0.521. The quantitative estimate of drug-likeness (QED) is 0.802. The van der Waals surface area contributed by atoms with E-state index in [-0.39, 0.29) is 19.1 Å². The number of aliphatic hydroxyl groups is 1. The molecule has 5 heteroatoms. The second-order valence-electron chi connectivity index (χ2n) is 5.58. The summed E-state index contributed by atoms with van der Waals surface area (Å²) in [5.41, 5.74) is 2.19. The number of furan rings is 1. The summed E-state index contributed by atoms with van der Waals surface area (Å²) < 4.78 is 11.4. The SMILES string of the molecule is O=C(COc1ccc2oc3c(c2c1)CCCC3)NCCCO. The highest BCUT2D eigenvalue weighted by Crippen LogP contribution is 2.33. The van der Waals surface area contributed by atoms with Gasteiger partial charge in [-0.25, -0.2) is 0 Å². The molecule has 0 radical (unpaired) electrons. The number of aryl methyl sites for hydroxylation is 2. The van der Waals surface area contributed by atoms with Crippen molar-refractivity contribution >= 4 is 16.9 Å². The molecule has 0 fully saturated rings. The van der Waals surface area contributed by atoms with Crippen LogP contribution in [0.25, 0.3) is 11.0 Å². The van der Waals surface area contributed by atoms with Gasteiger partial charge < -0.3 is 19.6 Å². The fraction of sp³-hybridized carbons (Fsp3) is 0.471. The van der Waals surface area contributed by atoms with E-state index < -0.39 is 0 Å². The van der Waals surface area contributed by atoms with Crippen LogP contribution in [0.5, 0.6) is 5.75 Å². The molecule has 0 saturated heterocycles. The molecule has 0 saturated carbocycles. The van der Waals surface area contributed by atoms with Crippen LogP contribution < -0.4 is 10.1 Å². The molecule has 0 aliphatic heterocycles. The van der Waals surface area contributed by atoms with Gasteiger partial charge in [-0.2, -0.15) is 0 Å². The van der Waals surface area contributed by atoms with Crippen LogP contribution in [0.2, 0.25) is 0 Å². The van der Waals surface area contributed by atoms with Crippen LogP contribution in [0.15, 0.2) is 22.6 Å². The van der Waals surface area contributed by atoms with E-state index in [0.717, 1.165) is 29.6 Å². The summed E-state index contributed by atoms with van der Waals surface area (Å²) >= 11 is 0. The van der Waals surface area contributed by atoms with Crippen molar-refractivity contribution in [2.75, 3.05) is 19.8 Å². The number of ether oxygens (including phenoxy) is 1. The van der Waals surface area contributed by atoms with Gasteiger partial charge in [-0.3, -0.25) is 4.79 Å². The predicted octanol–water partition coefficient (Wildman–Crippen LogP) is 2.19. The van der Waals surface area contributed by atoms with Gasteiger partial charge in [0.1, 0.15) is 17.1 Å². The Hall–Kier alpha value is -2.01. The van der Waals surface area contributed by atoms with Gasteiger partial charge in [-0.1, -0.05) is 0 Å². The molecule has 0 atom stereocenters. The van der Waals surface area contributed by atoms with E-state index in [0.29, 0.717) is 18.7 Å². The molecule has 0 spiro atoms. The monoisotopic (exact) mass is 303 g/mol. The molecule has 2 N–H and O–H groups in total. The summed E-state index contributed by atoms with van der Waals surface area (Å²) in [6, 6.07) is 5.70. The standard InChI is InChI=1S/C17H21NO4/c19-9-3-8-18-17(20)11-21-12-6-7-16-14(10-12)13-4-1-2-5-15(13)22-16/h6-7,10,19H,1-5,8-9,11H2,(H,18,20). The number of carbonyl (C=O) groups is 1. The maximum absolute atomic E-state index is 11.6. The van der Waals surface area contributed by atoms with E-state index in [1.54, 1.807) is 0 Å². The van der Waals surface area contributed by atoms with Crippen molar-refractivity contribution in [2.45, 2.75) is 32.1 Å². The number of rotatable bonds is 6. The van der Waals surface area contributed by atoms with E-state index in [2.05, 4.69) is 5.32 Å². The molecule has 1 aliphatic rings. The van der Waals surface area contributed by atoms with Crippen molar-refractivity contribution in [3.63, 3.8) is 0 Å². The first-order chi connectivity index (χ1) is 10.8. The molecule has 1 aromatic heterocycles. The van der Waals surface area contributed by atoms with Crippen molar-refractivity contribution in [1.82, 2.24) is 5.32 Å². The van der Waals surface area contributed by atoms with E-state index in [4.69, 9.17) is 14.3 Å². The zero-order valence-corrected chi connectivity index (χ0v) is 12.6. The Labute approximate surface area is 129 Å². The lowest BCUT2D eigenvalue weighted by atomic mass is 9.96. The topological polar surface area (TPSA) is 71.7 Å². The van der Waals surface area contributed by atoms with E-state index in [1.165, 1.54) is 18.4 Å². The molecular weight excluding hydrogens is 282 g/mol.